The minimum absolute atomic E-state index is 0.00713. The van der Waals surface area contributed by atoms with Gasteiger partial charge in [0.05, 0.1) is 15.6 Å². The molecule has 2 saturated carbocycles. The summed E-state index contributed by atoms with van der Waals surface area (Å²) >= 11 is 12.4. The molecule has 0 heterocycles. The zero-order valence-corrected chi connectivity index (χ0v) is 13.9. The second-order valence-corrected chi connectivity index (χ2v) is 8.26. The monoisotopic (exact) mass is 312 g/mol. The molecule has 1 aromatic rings. The van der Waals surface area contributed by atoms with E-state index in [2.05, 4.69) is 20.8 Å². The first-order chi connectivity index (χ1) is 9.21. The van der Waals surface area contributed by atoms with E-state index in [1.54, 1.807) is 6.07 Å². The van der Waals surface area contributed by atoms with E-state index in [0.717, 1.165) is 18.4 Å². The summed E-state index contributed by atoms with van der Waals surface area (Å²) in [6.07, 6.45) is 4.05. The van der Waals surface area contributed by atoms with Crippen molar-refractivity contribution in [3.05, 3.63) is 33.8 Å². The Hall–Kier alpha value is -0.240. The van der Waals surface area contributed by atoms with E-state index in [1.165, 1.54) is 6.42 Å². The molecule has 2 aliphatic carbocycles. The molecule has 3 heteroatoms. The lowest BCUT2D eigenvalue weighted by molar-refractivity contribution is -0.141. The van der Waals surface area contributed by atoms with Gasteiger partial charge in [0, 0.05) is 6.42 Å². The molecule has 2 fully saturated rings. The van der Waals surface area contributed by atoms with E-state index in [0.29, 0.717) is 22.4 Å². The molecular weight excluding hydrogens is 291 g/mol. The van der Waals surface area contributed by atoms with Gasteiger partial charge in [0.15, 0.2) is 0 Å². The second kappa shape index (κ2) is 4.38. The van der Waals surface area contributed by atoms with Crippen LogP contribution in [0.2, 0.25) is 10.0 Å². The zero-order valence-electron chi connectivity index (χ0n) is 12.3. The second-order valence-electron chi connectivity index (χ2n) is 7.47. The first kappa shape index (κ1) is 14.7. The van der Waals surface area contributed by atoms with Crippen molar-refractivity contribution in [1.82, 2.24) is 0 Å². The lowest BCUT2D eigenvalue weighted by Gasteiger charge is -2.51. The Balaban J connectivity index is 2.02. The molecule has 2 aliphatic rings. The van der Waals surface area contributed by atoms with Crippen LogP contribution in [-0.2, 0) is 6.42 Å². The van der Waals surface area contributed by atoms with E-state index < -0.39 is 5.60 Å². The van der Waals surface area contributed by atoms with Gasteiger partial charge in [-0.25, -0.2) is 0 Å². The van der Waals surface area contributed by atoms with Crippen LogP contribution in [0.15, 0.2) is 18.2 Å². The minimum atomic E-state index is -0.711. The number of halogens is 2. The largest absolute Gasteiger partial charge is 0.388 e. The molecule has 0 aromatic heterocycles. The highest BCUT2D eigenvalue weighted by atomic mass is 35.5. The molecule has 1 aromatic carbocycles. The van der Waals surface area contributed by atoms with Gasteiger partial charge in [0.25, 0.3) is 0 Å². The van der Waals surface area contributed by atoms with E-state index in [9.17, 15) is 5.11 Å². The van der Waals surface area contributed by atoms with Crippen molar-refractivity contribution in [1.29, 1.82) is 0 Å². The highest BCUT2D eigenvalue weighted by Crippen LogP contribution is 2.68. The zero-order chi connectivity index (χ0) is 14.8. The Kier molecular flexibility index (Phi) is 3.22. The third-order valence-corrected chi connectivity index (χ3v) is 7.16. The van der Waals surface area contributed by atoms with Crippen LogP contribution < -0.4 is 0 Å². The predicted octanol–water partition coefficient (Wildman–Crippen LogP) is 5.11. The number of benzene rings is 1. The van der Waals surface area contributed by atoms with Crippen LogP contribution in [-0.4, -0.2) is 10.7 Å². The number of aliphatic hydroxyl groups is 1. The topological polar surface area (TPSA) is 20.2 Å². The summed E-state index contributed by atoms with van der Waals surface area (Å²) in [5.41, 5.74) is 0.166. The summed E-state index contributed by atoms with van der Waals surface area (Å²) in [7, 11) is 0. The first-order valence-corrected chi connectivity index (χ1v) is 8.12. The van der Waals surface area contributed by atoms with Gasteiger partial charge in [0.2, 0.25) is 0 Å². The Morgan fingerprint density at radius 1 is 1.25 bits per heavy atom. The van der Waals surface area contributed by atoms with Gasteiger partial charge >= 0.3 is 0 Å². The maximum atomic E-state index is 11.5. The Morgan fingerprint density at radius 2 is 1.95 bits per heavy atom. The Labute approximate surface area is 131 Å². The molecule has 3 atom stereocenters. The molecule has 0 radical (unpaired) electrons. The average Bonchev–Trinajstić information content (AvgIpc) is 2.83. The summed E-state index contributed by atoms with van der Waals surface area (Å²) in [4.78, 5) is 0. The fourth-order valence-electron chi connectivity index (χ4n) is 4.75. The maximum absolute atomic E-state index is 11.5. The maximum Gasteiger partial charge on any atom is 0.0795 e. The average molecular weight is 313 g/mol. The standard InChI is InChI=1S/C17H22Cl2O/c1-15(2)12-7-8-16(3,10-12)17(15,20)9-11-5-4-6-13(18)14(11)19/h4-6,12,20H,7-10H2,1-3H3. The molecule has 110 valence electrons. The molecule has 20 heavy (non-hydrogen) atoms. The van der Waals surface area contributed by atoms with Gasteiger partial charge in [-0.15, -0.1) is 0 Å². The number of fused-ring (bicyclic) bond motifs is 2. The molecule has 0 aliphatic heterocycles. The molecule has 0 saturated heterocycles. The van der Waals surface area contributed by atoms with E-state index in [4.69, 9.17) is 23.2 Å². The van der Waals surface area contributed by atoms with E-state index >= 15 is 0 Å². The van der Waals surface area contributed by atoms with Crippen molar-refractivity contribution in [2.75, 3.05) is 0 Å². The first-order valence-electron chi connectivity index (χ1n) is 7.36. The molecule has 0 amide bonds. The van der Waals surface area contributed by atoms with Crippen LogP contribution in [0.1, 0.15) is 45.6 Å². The van der Waals surface area contributed by atoms with E-state index in [1.807, 2.05) is 12.1 Å². The minimum Gasteiger partial charge on any atom is -0.388 e. The predicted molar refractivity (Wildman–Crippen MR) is 84.3 cm³/mol. The lowest BCUT2D eigenvalue weighted by atomic mass is 9.58. The van der Waals surface area contributed by atoms with Gasteiger partial charge in [0.1, 0.15) is 0 Å². The van der Waals surface area contributed by atoms with Crippen LogP contribution in [0, 0.1) is 16.7 Å². The van der Waals surface area contributed by atoms with Gasteiger partial charge in [-0.3, -0.25) is 0 Å². The van der Waals surface area contributed by atoms with Crippen LogP contribution >= 0.6 is 23.2 Å². The van der Waals surface area contributed by atoms with Crippen LogP contribution in [0.5, 0.6) is 0 Å². The number of hydrogen-bond acceptors (Lipinski definition) is 1. The van der Waals surface area contributed by atoms with Gasteiger partial charge in [-0.1, -0.05) is 56.1 Å². The normalized spacial score (nSPS) is 38.4. The van der Waals surface area contributed by atoms with Crippen molar-refractivity contribution in [3.63, 3.8) is 0 Å². The van der Waals surface area contributed by atoms with Gasteiger partial charge in [-0.05, 0) is 47.6 Å². The summed E-state index contributed by atoms with van der Waals surface area (Å²) < 4.78 is 0. The molecular formula is C17H22Cl2O. The van der Waals surface area contributed by atoms with Crippen molar-refractivity contribution >= 4 is 23.2 Å². The fourth-order valence-corrected chi connectivity index (χ4v) is 5.14. The van der Waals surface area contributed by atoms with Crippen LogP contribution in [0.3, 0.4) is 0 Å². The highest BCUT2D eigenvalue weighted by molar-refractivity contribution is 6.42. The summed E-state index contributed by atoms with van der Waals surface area (Å²) in [5, 5.41) is 12.7. The summed E-state index contributed by atoms with van der Waals surface area (Å²) in [6, 6.07) is 5.69. The van der Waals surface area contributed by atoms with Crippen molar-refractivity contribution < 1.29 is 5.11 Å². The SMILES string of the molecule is CC12CCC(C1)C(C)(C)C2(O)Cc1cccc(Cl)c1Cl. The molecule has 3 unspecified atom stereocenters. The smallest absolute Gasteiger partial charge is 0.0795 e. The number of hydrogen-bond donors (Lipinski definition) is 1. The quantitative estimate of drug-likeness (QED) is 0.804. The molecule has 0 spiro atoms. The van der Waals surface area contributed by atoms with Crippen LogP contribution in [0.4, 0.5) is 0 Å². The lowest BCUT2D eigenvalue weighted by Crippen LogP contribution is -2.55. The summed E-state index contributed by atoms with van der Waals surface area (Å²) in [5.74, 6) is 0.607. The van der Waals surface area contributed by atoms with Gasteiger partial charge < -0.3 is 5.11 Å². The molecule has 2 bridgehead atoms. The van der Waals surface area contributed by atoms with E-state index in [-0.39, 0.29) is 10.8 Å². The number of rotatable bonds is 2. The van der Waals surface area contributed by atoms with Crippen molar-refractivity contribution in [2.24, 2.45) is 16.7 Å². The molecule has 3 rings (SSSR count). The molecule has 1 N–H and O–H groups in total. The third-order valence-electron chi connectivity index (χ3n) is 6.30. The van der Waals surface area contributed by atoms with Crippen LogP contribution in [0.25, 0.3) is 0 Å². The Bertz CT molecular complexity index is 547. The molecule has 1 nitrogen and oxygen atoms in total. The van der Waals surface area contributed by atoms with Crippen molar-refractivity contribution in [2.45, 2.75) is 52.1 Å². The third kappa shape index (κ3) is 1.73. The van der Waals surface area contributed by atoms with Gasteiger partial charge in [-0.2, -0.15) is 0 Å². The fraction of sp³-hybridized carbons (Fsp3) is 0.647. The van der Waals surface area contributed by atoms with Crippen molar-refractivity contribution in [3.8, 4) is 0 Å². The summed E-state index contributed by atoms with van der Waals surface area (Å²) in [6.45, 7) is 6.65. The highest BCUT2D eigenvalue weighted by Gasteiger charge is 2.68. The Morgan fingerprint density at radius 3 is 2.55 bits per heavy atom.